The normalized spacial score (nSPS) is 14.2. The highest BCUT2D eigenvalue weighted by Crippen LogP contribution is 2.40. The number of aromatic nitrogens is 1. The molecule has 0 aliphatic carbocycles. The predicted molar refractivity (Wildman–Crippen MR) is 150 cm³/mol. The third-order valence-corrected chi connectivity index (χ3v) is 6.64. The molecular formula is C33H27N2O2+. The molecule has 180 valence electrons. The van der Waals surface area contributed by atoms with Gasteiger partial charge in [-0.25, -0.2) is 0 Å². The Bertz CT molecular complexity index is 1660. The van der Waals surface area contributed by atoms with E-state index in [1.165, 1.54) is 22.3 Å². The highest BCUT2D eigenvalue weighted by atomic mass is 16.5. The highest BCUT2D eigenvalue weighted by Gasteiger charge is 2.23. The van der Waals surface area contributed by atoms with Gasteiger partial charge in [0, 0.05) is 13.1 Å². The molecule has 0 amide bonds. The van der Waals surface area contributed by atoms with Gasteiger partial charge in [0.2, 0.25) is 5.58 Å². The summed E-state index contributed by atoms with van der Waals surface area (Å²) in [5.74, 6) is 2.43. The standard InChI is InChI=1S/C33H27N2O2/c1-34-28-22-26(24-12-6-3-7-13-24)18-20-30(28)36-32(34)16-10-5-11-17-33-35(2)29-23-27(19-21-31(29)37-33)25-14-8-4-9-15-25/h3-23H,1-2H3/q+1. The van der Waals surface area contributed by atoms with Crippen LogP contribution in [0.15, 0.2) is 132 Å². The Labute approximate surface area is 216 Å². The molecule has 4 aromatic carbocycles. The van der Waals surface area contributed by atoms with Crippen LogP contribution in [0.25, 0.3) is 39.4 Å². The number of rotatable bonds is 5. The molecule has 1 aliphatic heterocycles. The van der Waals surface area contributed by atoms with Gasteiger partial charge in [-0.3, -0.25) is 0 Å². The molecule has 2 heterocycles. The average Bonchev–Trinajstić information content (AvgIpc) is 3.44. The number of oxazole rings is 1. The number of fused-ring (bicyclic) bond motifs is 2. The second-order valence-corrected chi connectivity index (χ2v) is 9.01. The zero-order valence-corrected chi connectivity index (χ0v) is 20.8. The van der Waals surface area contributed by atoms with Crippen LogP contribution in [0.1, 0.15) is 5.89 Å². The van der Waals surface area contributed by atoms with Gasteiger partial charge in [-0.05, 0) is 46.5 Å². The largest absolute Gasteiger partial charge is 0.439 e. The molecule has 1 aromatic heterocycles. The van der Waals surface area contributed by atoms with Crippen molar-refractivity contribution in [2.45, 2.75) is 0 Å². The average molecular weight is 484 g/mol. The summed E-state index contributed by atoms with van der Waals surface area (Å²) in [5.41, 5.74) is 7.70. The number of benzene rings is 4. The molecule has 0 saturated carbocycles. The Balaban J connectivity index is 1.17. The maximum Gasteiger partial charge on any atom is 0.373 e. The summed E-state index contributed by atoms with van der Waals surface area (Å²) >= 11 is 0. The van der Waals surface area contributed by atoms with Gasteiger partial charge in [0.15, 0.2) is 11.6 Å². The molecule has 6 rings (SSSR count). The highest BCUT2D eigenvalue weighted by molar-refractivity contribution is 5.79. The second-order valence-electron chi connectivity index (χ2n) is 9.01. The van der Waals surface area contributed by atoms with E-state index in [2.05, 4.69) is 82.3 Å². The van der Waals surface area contributed by atoms with Gasteiger partial charge in [0.1, 0.15) is 7.05 Å². The van der Waals surface area contributed by atoms with Crippen molar-refractivity contribution < 1.29 is 13.7 Å². The van der Waals surface area contributed by atoms with Crippen LogP contribution >= 0.6 is 0 Å². The first-order valence-electron chi connectivity index (χ1n) is 12.3. The Morgan fingerprint density at radius 2 is 1.38 bits per heavy atom. The molecule has 5 aromatic rings. The van der Waals surface area contributed by atoms with Crippen LogP contribution in [0.3, 0.4) is 0 Å². The molecule has 0 saturated heterocycles. The van der Waals surface area contributed by atoms with E-state index in [0.717, 1.165) is 34.3 Å². The second kappa shape index (κ2) is 9.67. The van der Waals surface area contributed by atoms with Crippen molar-refractivity contribution in [3.63, 3.8) is 0 Å². The maximum atomic E-state index is 6.07. The van der Waals surface area contributed by atoms with Crippen LogP contribution in [0.2, 0.25) is 0 Å². The zero-order valence-electron chi connectivity index (χ0n) is 20.8. The first-order valence-corrected chi connectivity index (χ1v) is 12.3. The van der Waals surface area contributed by atoms with E-state index < -0.39 is 0 Å². The Morgan fingerprint density at radius 1 is 0.703 bits per heavy atom. The van der Waals surface area contributed by atoms with Gasteiger partial charge >= 0.3 is 5.89 Å². The van der Waals surface area contributed by atoms with Crippen molar-refractivity contribution >= 4 is 22.9 Å². The van der Waals surface area contributed by atoms with Crippen LogP contribution in [-0.2, 0) is 7.05 Å². The SMILES string of the molecule is CN1C(=CC=CC=Cc2oc3ccc(-c4ccccc4)cc3[n+]2C)Oc2ccc(-c3ccccc3)cc21. The lowest BCUT2D eigenvalue weighted by atomic mass is 10.0. The number of nitrogens with zero attached hydrogens (tertiary/aromatic N) is 2. The smallest absolute Gasteiger partial charge is 0.373 e. The minimum absolute atomic E-state index is 0.785. The minimum atomic E-state index is 0.785. The molecule has 0 bridgehead atoms. The number of anilines is 1. The molecule has 1 aliphatic rings. The van der Waals surface area contributed by atoms with E-state index in [0.29, 0.717) is 0 Å². The number of allylic oxidation sites excluding steroid dienone is 4. The molecule has 0 spiro atoms. The van der Waals surface area contributed by atoms with E-state index in [1.807, 2.05) is 68.7 Å². The molecular weight excluding hydrogens is 456 g/mol. The molecule has 4 nitrogen and oxygen atoms in total. The van der Waals surface area contributed by atoms with E-state index in [1.54, 1.807) is 0 Å². The third kappa shape index (κ3) is 4.45. The van der Waals surface area contributed by atoms with Gasteiger partial charge in [-0.2, -0.15) is 4.57 Å². The van der Waals surface area contributed by atoms with Crippen molar-refractivity contribution in [1.82, 2.24) is 0 Å². The van der Waals surface area contributed by atoms with Crippen LogP contribution in [0.5, 0.6) is 5.75 Å². The topological polar surface area (TPSA) is 29.5 Å². The van der Waals surface area contributed by atoms with Crippen molar-refractivity contribution in [2.75, 3.05) is 11.9 Å². The molecule has 0 N–H and O–H groups in total. The minimum Gasteiger partial charge on any atom is -0.439 e. The van der Waals surface area contributed by atoms with E-state index >= 15 is 0 Å². The number of hydrogen-bond acceptors (Lipinski definition) is 3. The van der Waals surface area contributed by atoms with Crippen molar-refractivity contribution in [3.05, 3.63) is 133 Å². The van der Waals surface area contributed by atoms with Crippen LogP contribution < -0.4 is 14.2 Å². The van der Waals surface area contributed by atoms with Crippen LogP contribution in [0.4, 0.5) is 5.69 Å². The number of aryl methyl sites for hydroxylation is 1. The third-order valence-electron chi connectivity index (χ3n) is 6.64. The fourth-order valence-electron chi connectivity index (χ4n) is 4.58. The van der Waals surface area contributed by atoms with Crippen molar-refractivity contribution in [2.24, 2.45) is 7.05 Å². The summed E-state index contributed by atoms with van der Waals surface area (Å²) in [4.78, 5) is 2.07. The first kappa shape index (κ1) is 22.6. The molecule has 4 heteroatoms. The Kier molecular flexibility index (Phi) is 5.91. The van der Waals surface area contributed by atoms with E-state index in [9.17, 15) is 0 Å². The number of ether oxygens (including phenoxy) is 1. The first-order chi connectivity index (χ1) is 18.2. The monoisotopic (exact) mass is 483 g/mol. The summed E-state index contributed by atoms with van der Waals surface area (Å²) < 4.78 is 14.2. The molecule has 0 fully saturated rings. The summed E-state index contributed by atoms with van der Waals surface area (Å²) in [6, 6.07) is 33.3. The molecule has 37 heavy (non-hydrogen) atoms. The maximum absolute atomic E-state index is 6.07. The lowest BCUT2D eigenvalue weighted by Crippen LogP contribution is -2.29. The van der Waals surface area contributed by atoms with Gasteiger partial charge in [0.05, 0.1) is 11.8 Å². The van der Waals surface area contributed by atoms with Crippen LogP contribution in [-0.4, -0.2) is 7.05 Å². The van der Waals surface area contributed by atoms with Crippen molar-refractivity contribution in [3.8, 4) is 28.0 Å². The van der Waals surface area contributed by atoms with Gasteiger partial charge in [0.25, 0.3) is 5.52 Å². The lowest BCUT2D eigenvalue weighted by molar-refractivity contribution is -0.652. The fourth-order valence-corrected chi connectivity index (χ4v) is 4.58. The van der Waals surface area contributed by atoms with Crippen molar-refractivity contribution in [1.29, 1.82) is 0 Å². The Morgan fingerprint density at radius 3 is 2.11 bits per heavy atom. The summed E-state index contributed by atoms with van der Waals surface area (Å²) in [6.07, 6.45) is 9.87. The zero-order chi connectivity index (χ0) is 25.2. The summed E-state index contributed by atoms with van der Waals surface area (Å²) in [7, 11) is 4.04. The van der Waals surface area contributed by atoms with Gasteiger partial charge in [-0.1, -0.05) is 91.0 Å². The Hall–Kier alpha value is -4.83. The number of hydrogen-bond donors (Lipinski definition) is 0. The molecule has 0 radical (unpaired) electrons. The van der Waals surface area contributed by atoms with E-state index in [-0.39, 0.29) is 0 Å². The van der Waals surface area contributed by atoms with E-state index in [4.69, 9.17) is 9.15 Å². The van der Waals surface area contributed by atoms with Gasteiger partial charge < -0.3 is 14.1 Å². The van der Waals surface area contributed by atoms with Crippen LogP contribution in [0, 0.1) is 0 Å². The summed E-state index contributed by atoms with van der Waals surface area (Å²) in [5, 5.41) is 0. The predicted octanol–water partition coefficient (Wildman–Crippen LogP) is 7.53. The lowest BCUT2D eigenvalue weighted by Gasteiger charge is -2.11. The van der Waals surface area contributed by atoms with Gasteiger partial charge in [-0.15, -0.1) is 0 Å². The molecule has 0 unspecified atom stereocenters. The fraction of sp³-hybridized carbons (Fsp3) is 0.0606. The quantitative estimate of drug-likeness (QED) is 0.191. The summed E-state index contributed by atoms with van der Waals surface area (Å²) in [6.45, 7) is 0. The molecule has 0 atom stereocenters.